The highest BCUT2D eigenvalue weighted by molar-refractivity contribution is 7.80. The number of carbonyl (C=O) groups is 1. The third kappa shape index (κ3) is 5.72. The Morgan fingerprint density at radius 3 is 2.68 bits per heavy atom. The molecular formula is C22H22ClFN2O4S. The molecule has 0 aromatic heterocycles. The number of nitrogens with zero attached hydrogens (tertiary/aromatic N) is 1. The van der Waals surface area contributed by atoms with E-state index in [4.69, 9.17) is 38.0 Å². The lowest BCUT2D eigenvalue weighted by atomic mass is 10.1. The highest BCUT2D eigenvalue weighted by Gasteiger charge is 2.30. The van der Waals surface area contributed by atoms with Gasteiger partial charge < -0.3 is 19.5 Å². The van der Waals surface area contributed by atoms with Crippen LogP contribution in [-0.2, 0) is 16.1 Å². The topological polar surface area (TPSA) is 60.0 Å². The van der Waals surface area contributed by atoms with Crippen LogP contribution in [0.5, 0.6) is 11.5 Å². The van der Waals surface area contributed by atoms with E-state index in [0.29, 0.717) is 41.9 Å². The zero-order valence-electron chi connectivity index (χ0n) is 17.1. The molecule has 0 saturated carbocycles. The molecule has 1 saturated heterocycles. The molecule has 0 radical (unpaired) electrons. The maximum absolute atomic E-state index is 13.2. The van der Waals surface area contributed by atoms with E-state index in [-0.39, 0.29) is 17.5 Å². The van der Waals surface area contributed by atoms with Crippen molar-refractivity contribution in [2.75, 3.05) is 27.4 Å². The normalized spacial score (nSPS) is 14.8. The van der Waals surface area contributed by atoms with Crippen LogP contribution in [0.15, 0.2) is 42.1 Å². The van der Waals surface area contributed by atoms with Crippen LogP contribution in [0.3, 0.4) is 0 Å². The van der Waals surface area contributed by atoms with Crippen molar-refractivity contribution >= 4 is 40.9 Å². The molecule has 0 unspecified atom stereocenters. The van der Waals surface area contributed by atoms with E-state index in [1.165, 1.54) is 23.1 Å². The predicted molar refractivity (Wildman–Crippen MR) is 121 cm³/mol. The first-order chi connectivity index (χ1) is 14.9. The molecule has 1 aliphatic heterocycles. The summed E-state index contributed by atoms with van der Waals surface area (Å²) >= 11 is 11.3. The van der Waals surface area contributed by atoms with Gasteiger partial charge in [0, 0.05) is 25.8 Å². The molecule has 1 amide bonds. The SMILES string of the molecule is COCCCN1C(=O)/C(=C\c2ccc(OC)c(COc3ccc(F)cc3Cl)c2)NC1=S. The summed E-state index contributed by atoms with van der Waals surface area (Å²) in [6.07, 6.45) is 2.41. The van der Waals surface area contributed by atoms with Crippen molar-refractivity contribution in [2.24, 2.45) is 0 Å². The Balaban J connectivity index is 1.77. The molecule has 1 heterocycles. The summed E-state index contributed by atoms with van der Waals surface area (Å²) in [5.74, 6) is 0.348. The van der Waals surface area contributed by atoms with E-state index < -0.39 is 5.82 Å². The van der Waals surface area contributed by atoms with Crippen molar-refractivity contribution in [3.8, 4) is 11.5 Å². The molecule has 9 heteroatoms. The molecule has 31 heavy (non-hydrogen) atoms. The Labute approximate surface area is 190 Å². The van der Waals surface area contributed by atoms with E-state index in [0.717, 1.165) is 11.1 Å². The van der Waals surface area contributed by atoms with Gasteiger partial charge in [-0.15, -0.1) is 0 Å². The minimum Gasteiger partial charge on any atom is -0.496 e. The molecule has 1 N–H and O–H groups in total. The van der Waals surface area contributed by atoms with E-state index in [9.17, 15) is 9.18 Å². The van der Waals surface area contributed by atoms with Gasteiger partial charge in [0.1, 0.15) is 29.6 Å². The summed E-state index contributed by atoms with van der Waals surface area (Å²) in [5, 5.41) is 3.51. The fraction of sp³-hybridized carbons (Fsp3) is 0.273. The van der Waals surface area contributed by atoms with Gasteiger partial charge >= 0.3 is 0 Å². The number of halogens is 2. The molecule has 164 valence electrons. The molecule has 0 spiro atoms. The van der Waals surface area contributed by atoms with Crippen LogP contribution in [0.1, 0.15) is 17.5 Å². The minimum atomic E-state index is -0.438. The van der Waals surface area contributed by atoms with Crippen LogP contribution >= 0.6 is 23.8 Å². The van der Waals surface area contributed by atoms with Gasteiger partial charge in [-0.25, -0.2) is 4.39 Å². The molecule has 0 aliphatic carbocycles. The molecule has 0 bridgehead atoms. The maximum atomic E-state index is 13.2. The second kappa shape index (κ2) is 10.6. The Hall–Kier alpha value is -2.68. The fourth-order valence-corrected chi connectivity index (χ4v) is 3.56. The van der Waals surface area contributed by atoms with Crippen molar-refractivity contribution in [1.82, 2.24) is 10.2 Å². The van der Waals surface area contributed by atoms with Crippen molar-refractivity contribution < 1.29 is 23.4 Å². The zero-order chi connectivity index (χ0) is 22.4. The number of methoxy groups -OCH3 is 2. The highest BCUT2D eigenvalue weighted by Crippen LogP contribution is 2.28. The predicted octanol–water partition coefficient (Wildman–Crippen LogP) is 4.16. The lowest BCUT2D eigenvalue weighted by Crippen LogP contribution is -2.32. The lowest BCUT2D eigenvalue weighted by Gasteiger charge is -2.13. The molecule has 1 fully saturated rings. The van der Waals surface area contributed by atoms with Crippen molar-refractivity contribution in [1.29, 1.82) is 0 Å². The molecule has 6 nitrogen and oxygen atoms in total. The highest BCUT2D eigenvalue weighted by atomic mass is 35.5. The van der Waals surface area contributed by atoms with Gasteiger partial charge in [0.25, 0.3) is 5.91 Å². The van der Waals surface area contributed by atoms with Crippen molar-refractivity contribution in [3.05, 3.63) is 64.1 Å². The van der Waals surface area contributed by atoms with Crippen LogP contribution in [0.2, 0.25) is 5.02 Å². The molecule has 2 aromatic carbocycles. The number of nitrogens with one attached hydrogen (secondary N) is 1. The van der Waals surface area contributed by atoms with Gasteiger partial charge in [0.2, 0.25) is 0 Å². The van der Waals surface area contributed by atoms with Crippen LogP contribution in [0.4, 0.5) is 4.39 Å². The summed E-state index contributed by atoms with van der Waals surface area (Å²) in [4.78, 5) is 14.2. The Kier molecular flexibility index (Phi) is 7.84. The number of amides is 1. The smallest absolute Gasteiger partial charge is 0.276 e. The molecule has 3 rings (SSSR count). The summed E-state index contributed by atoms with van der Waals surface area (Å²) in [6, 6.07) is 9.38. The summed E-state index contributed by atoms with van der Waals surface area (Å²) in [7, 11) is 3.17. The Bertz CT molecular complexity index is 1020. The van der Waals surface area contributed by atoms with E-state index in [2.05, 4.69) is 5.32 Å². The van der Waals surface area contributed by atoms with Gasteiger partial charge in [-0.3, -0.25) is 9.69 Å². The van der Waals surface area contributed by atoms with Crippen LogP contribution in [-0.4, -0.2) is 43.3 Å². The molecule has 0 atom stereocenters. The standard InChI is InChI=1S/C22H22ClFN2O4S/c1-28-9-3-8-26-21(27)18(25-22(26)31)11-14-4-6-19(29-2)15(10-14)13-30-20-7-5-16(24)12-17(20)23/h4-7,10-12H,3,8-9,13H2,1-2H3,(H,25,31)/b18-11+. The van der Waals surface area contributed by atoms with E-state index >= 15 is 0 Å². The number of benzene rings is 2. The van der Waals surface area contributed by atoms with Crippen LogP contribution in [0.25, 0.3) is 6.08 Å². The Morgan fingerprint density at radius 1 is 1.19 bits per heavy atom. The second-order valence-electron chi connectivity index (χ2n) is 6.73. The average molecular weight is 465 g/mol. The Morgan fingerprint density at radius 2 is 1.97 bits per heavy atom. The number of rotatable bonds is 9. The second-order valence-corrected chi connectivity index (χ2v) is 7.52. The third-order valence-corrected chi connectivity index (χ3v) is 5.20. The van der Waals surface area contributed by atoms with Crippen molar-refractivity contribution in [2.45, 2.75) is 13.0 Å². The number of hydrogen-bond acceptors (Lipinski definition) is 5. The number of ether oxygens (including phenoxy) is 3. The molecular weight excluding hydrogens is 443 g/mol. The first-order valence-corrected chi connectivity index (χ1v) is 10.3. The number of thiocarbonyl (C=S) groups is 1. The van der Waals surface area contributed by atoms with Gasteiger partial charge in [-0.05, 0) is 60.6 Å². The first kappa shape index (κ1) is 23.0. The summed E-state index contributed by atoms with van der Waals surface area (Å²) in [6.45, 7) is 1.18. The quantitative estimate of drug-likeness (QED) is 0.341. The number of hydrogen-bond donors (Lipinski definition) is 1. The summed E-state index contributed by atoms with van der Waals surface area (Å²) < 4.78 is 29.4. The van der Waals surface area contributed by atoms with Crippen LogP contribution < -0.4 is 14.8 Å². The largest absolute Gasteiger partial charge is 0.496 e. The molecule has 1 aliphatic rings. The van der Waals surface area contributed by atoms with Crippen molar-refractivity contribution in [3.63, 3.8) is 0 Å². The van der Waals surface area contributed by atoms with Gasteiger partial charge in [0.15, 0.2) is 5.11 Å². The maximum Gasteiger partial charge on any atom is 0.276 e. The van der Waals surface area contributed by atoms with Gasteiger partial charge in [-0.2, -0.15) is 0 Å². The van der Waals surface area contributed by atoms with Gasteiger partial charge in [0.05, 0.1) is 12.1 Å². The fourth-order valence-electron chi connectivity index (χ4n) is 3.06. The van der Waals surface area contributed by atoms with E-state index in [1.807, 2.05) is 12.1 Å². The minimum absolute atomic E-state index is 0.147. The van der Waals surface area contributed by atoms with Crippen LogP contribution in [0, 0.1) is 5.82 Å². The number of carbonyl (C=O) groups excluding carboxylic acids is 1. The monoisotopic (exact) mass is 464 g/mol. The summed E-state index contributed by atoms with van der Waals surface area (Å²) in [5.41, 5.74) is 1.89. The molecule has 2 aromatic rings. The van der Waals surface area contributed by atoms with Gasteiger partial charge in [-0.1, -0.05) is 17.7 Å². The third-order valence-electron chi connectivity index (χ3n) is 4.59. The van der Waals surface area contributed by atoms with E-state index in [1.54, 1.807) is 26.4 Å². The lowest BCUT2D eigenvalue weighted by molar-refractivity contribution is -0.122. The average Bonchev–Trinajstić information content (AvgIpc) is 3.00. The first-order valence-electron chi connectivity index (χ1n) is 9.51. The zero-order valence-corrected chi connectivity index (χ0v) is 18.7.